The van der Waals surface area contributed by atoms with Crippen molar-refractivity contribution in [1.82, 2.24) is 0 Å². The summed E-state index contributed by atoms with van der Waals surface area (Å²) in [5.41, 5.74) is 0. The molecule has 1 heteroatoms. The molecule has 0 N–H and O–H groups in total. The van der Waals surface area contributed by atoms with E-state index in [4.69, 9.17) is 0 Å². The van der Waals surface area contributed by atoms with Gasteiger partial charge in [0.25, 0.3) is 0 Å². The van der Waals surface area contributed by atoms with Gasteiger partial charge in [0.2, 0.25) is 0 Å². The molecule has 0 saturated heterocycles. The van der Waals surface area contributed by atoms with E-state index >= 15 is 0 Å². The van der Waals surface area contributed by atoms with E-state index in [1.54, 1.807) is 4.47 Å². The summed E-state index contributed by atoms with van der Waals surface area (Å²) in [6, 6.07) is 0. The van der Waals surface area contributed by atoms with Gasteiger partial charge in [-0.25, -0.2) is 0 Å². The molecule has 0 amide bonds. The SMILES string of the molecule is C1=CC[C]([Fe][CH]2C=CC=CC2)=C1. The van der Waals surface area contributed by atoms with Crippen LogP contribution >= 0.6 is 0 Å². The van der Waals surface area contributed by atoms with Crippen LogP contribution in [0.4, 0.5) is 0 Å². The van der Waals surface area contributed by atoms with Gasteiger partial charge < -0.3 is 0 Å². The topological polar surface area (TPSA) is 0 Å². The van der Waals surface area contributed by atoms with Gasteiger partial charge >= 0.3 is 79.6 Å². The van der Waals surface area contributed by atoms with Crippen LogP contribution in [-0.4, -0.2) is 0 Å². The van der Waals surface area contributed by atoms with E-state index < -0.39 is 0 Å². The Morgan fingerprint density at radius 2 is 2.17 bits per heavy atom. The summed E-state index contributed by atoms with van der Waals surface area (Å²) < 4.78 is 1.58. The van der Waals surface area contributed by atoms with Crippen molar-refractivity contribution in [3.63, 3.8) is 0 Å². The van der Waals surface area contributed by atoms with Crippen molar-refractivity contribution in [3.05, 3.63) is 47.0 Å². The zero-order chi connectivity index (χ0) is 8.23. The maximum atomic E-state index is 2.32. The predicted molar refractivity (Wildman–Crippen MR) is 48.5 cm³/mol. The molecule has 0 aliphatic heterocycles. The third kappa shape index (κ3) is 2.00. The van der Waals surface area contributed by atoms with Gasteiger partial charge in [0.05, 0.1) is 0 Å². The predicted octanol–water partition coefficient (Wildman–Crippen LogP) is 3.22. The van der Waals surface area contributed by atoms with Crippen LogP contribution in [0.1, 0.15) is 12.8 Å². The van der Waals surface area contributed by atoms with E-state index in [-0.39, 0.29) is 0 Å². The van der Waals surface area contributed by atoms with Gasteiger partial charge in [-0.3, -0.25) is 0 Å². The molecule has 0 aromatic rings. The van der Waals surface area contributed by atoms with Gasteiger partial charge in [0.15, 0.2) is 0 Å². The van der Waals surface area contributed by atoms with Crippen molar-refractivity contribution in [2.75, 3.05) is 0 Å². The van der Waals surface area contributed by atoms with Crippen molar-refractivity contribution in [3.8, 4) is 0 Å². The molecule has 12 heavy (non-hydrogen) atoms. The van der Waals surface area contributed by atoms with Gasteiger partial charge in [-0.1, -0.05) is 0 Å². The van der Waals surface area contributed by atoms with Crippen LogP contribution in [0.25, 0.3) is 0 Å². The Kier molecular flexibility index (Phi) is 2.65. The monoisotopic (exact) mass is 200 g/mol. The number of hydrogen-bond donors (Lipinski definition) is 0. The summed E-state index contributed by atoms with van der Waals surface area (Å²) in [7, 11) is 0. The second kappa shape index (κ2) is 3.93. The molecule has 0 bridgehead atoms. The van der Waals surface area contributed by atoms with Crippen LogP contribution in [0.15, 0.2) is 47.0 Å². The molecule has 2 aliphatic carbocycles. The zero-order valence-corrected chi connectivity index (χ0v) is 7.99. The molecule has 0 fully saturated rings. The Morgan fingerprint density at radius 3 is 2.83 bits per heavy atom. The maximum absolute atomic E-state index is 2.32. The minimum absolute atomic E-state index is 0.751. The van der Waals surface area contributed by atoms with Gasteiger partial charge in [-0.05, 0) is 0 Å². The van der Waals surface area contributed by atoms with Gasteiger partial charge in [0.1, 0.15) is 0 Å². The van der Waals surface area contributed by atoms with Crippen molar-refractivity contribution in [2.24, 2.45) is 0 Å². The third-order valence-electron chi connectivity index (χ3n) is 1.90. The Morgan fingerprint density at radius 1 is 1.17 bits per heavy atom. The van der Waals surface area contributed by atoms with E-state index in [0.717, 1.165) is 4.82 Å². The Hall–Kier alpha value is -0.521. The normalized spacial score (nSPS) is 26.7. The fourth-order valence-corrected chi connectivity index (χ4v) is 2.79. The summed E-state index contributed by atoms with van der Waals surface area (Å²) in [6.07, 6.45) is 17.9. The summed E-state index contributed by atoms with van der Waals surface area (Å²) in [5, 5.41) is 0. The Balaban J connectivity index is 1.87. The summed E-state index contributed by atoms with van der Waals surface area (Å²) in [5.74, 6) is 0. The fraction of sp³-hybridized carbons (Fsp3) is 0.273. The molecule has 2 aliphatic rings. The van der Waals surface area contributed by atoms with Crippen molar-refractivity contribution >= 4 is 0 Å². The van der Waals surface area contributed by atoms with Crippen molar-refractivity contribution < 1.29 is 15.0 Å². The average molecular weight is 200 g/mol. The van der Waals surface area contributed by atoms with Crippen LogP contribution in [0.3, 0.4) is 0 Å². The molecule has 1 atom stereocenters. The molecule has 0 saturated carbocycles. The molecule has 0 aromatic heterocycles. The molecule has 2 rings (SSSR count). The molecule has 0 heterocycles. The molecule has 0 aromatic carbocycles. The average Bonchev–Trinajstić information content (AvgIpc) is 2.59. The van der Waals surface area contributed by atoms with Crippen LogP contribution in [0.2, 0.25) is 4.82 Å². The Labute approximate surface area is 79.9 Å². The molecule has 0 radical (unpaired) electrons. The van der Waals surface area contributed by atoms with E-state index in [2.05, 4.69) is 42.5 Å². The zero-order valence-electron chi connectivity index (χ0n) is 6.89. The van der Waals surface area contributed by atoms with E-state index in [1.165, 1.54) is 27.8 Å². The van der Waals surface area contributed by atoms with E-state index in [9.17, 15) is 0 Å². The number of hydrogen-bond acceptors (Lipinski definition) is 0. The molecule has 0 nitrogen and oxygen atoms in total. The minimum atomic E-state index is 0.751. The first kappa shape index (κ1) is 8.09. The summed E-state index contributed by atoms with van der Waals surface area (Å²) in [6.45, 7) is 0. The standard InChI is InChI=1S/C6H7.C5H5.Fe/c1-2-4-6-5-3-1;1-2-4-5-3-1;/h1-5H,6H2;1-3H,4H2;. The molecule has 1 unspecified atom stereocenters. The first-order valence-corrected chi connectivity index (χ1v) is 5.44. The van der Waals surface area contributed by atoms with E-state index in [1.807, 2.05) is 0 Å². The Bertz CT molecular complexity index is 269. The number of allylic oxidation sites excluding steroid dienone is 8. The molecular weight excluding hydrogens is 188 g/mol. The van der Waals surface area contributed by atoms with Crippen LogP contribution in [-0.2, 0) is 15.0 Å². The van der Waals surface area contributed by atoms with Gasteiger partial charge in [0, 0.05) is 0 Å². The second-order valence-electron chi connectivity index (χ2n) is 2.88. The van der Waals surface area contributed by atoms with Crippen LogP contribution < -0.4 is 0 Å². The van der Waals surface area contributed by atoms with E-state index in [0.29, 0.717) is 0 Å². The molecule has 64 valence electrons. The fourth-order valence-electron chi connectivity index (χ4n) is 1.28. The van der Waals surface area contributed by atoms with Gasteiger partial charge in [-0.15, -0.1) is 0 Å². The first-order chi connectivity index (χ1) is 5.95. The third-order valence-corrected chi connectivity index (χ3v) is 3.60. The van der Waals surface area contributed by atoms with Gasteiger partial charge in [-0.2, -0.15) is 0 Å². The van der Waals surface area contributed by atoms with Crippen molar-refractivity contribution in [2.45, 2.75) is 17.7 Å². The summed E-state index contributed by atoms with van der Waals surface area (Å²) in [4.78, 5) is 0.751. The molecular formula is C11H12Fe. The second-order valence-corrected chi connectivity index (χ2v) is 4.73. The molecule has 0 spiro atoms. The van der Waals surface area contributed by atoms with Crippen LogP contribution in [0.5, 0.6) is 0 Å². The number of rotatable bonds is 2. The quantitative estimate of drug-likeness (QED) is 0.600. The van der Waals surface area contributed by atoms with Crippen LogP contribution in [0, 0.1) is 0 Å². The van der Waals surface area contributed by atoms with Crippen molar-refractivity contribution in [1.29, 1.82) is 0 Å². The summed E-state index contributed by atoms with van der Waals surface area (Å²) >= 11 is 1.24. The first-order valence-electron chi connectivity index (χ1n) is 4.25.